The number of aromatic nitrogens is 1. The van der Waals surface area contributed by atoms with E-state index >= 15 is 0 Å². The molecule has 2 atom stereocenters. The number of thiazole rings is 1. The summed E-state index contributed by atoms with van der Waals surface area (Å²) in [5, 5.41) is 3.05. The van der Waals surface area contributed by atoms with Crippen molar-refractivity contribution in [2.45, 2.75) is 36.1 Å². The van der Waals surface area contributed by atoms with Crippen LogP contribution in [0.1, 0.15) is 28.7 Å². The Morgan fingerprint density at radius 1 is 1.17 bits per heavy atom. The highest BCUT2D eigenvalue weighted by Gasteiger charge is 2.39. The van der Waals surface area contributed by atoms with Gasteiger partial charge in [-0.15, -0.1) is 11.3 Å². The van der Waals surface area contributed by atoms with Crippen LogP contribution in [0.2, 0.25) is 5.02 Å². The Bertz CT molecular complexity index is 1310. The number of morpholine rings is 1. The normalized spacial score (nSPS) is 21.5. The maximum absolute atomic E-state index is 13.3. The van der Waals surface area contributed by atoms with Gasteiger partial charge in [-0.25, -0.2) is 13.4 Å². The van der Waals surface area contributed by atoms with Gasteiger partial charge >= 0.3 is 0 Å². The number of halogens is 1. The van der Waals surface area contributed by atoms with Crippen LogP contribution in [0.15, 0.2) is 58.9 Å². The van der Waals surface area contributed by atoms with Gasteiger partial charge in [0.1, 0.15) is 10.8 Å². The van der Waals surface area contributed by atoms with Crippen LogP contribution < -0.4 is 4.90 Å². The number of ether oxygens (including phenoxy) is 1. The van der Waals surface area contributed by atoms with Crippen LogP contribution in [-0.4, -0.2) is 56.5 Å². The minimum absolute atomic E-state index is 0.0383. The molecule has 2 aromatic carbocycles. The molecule has 0 aliphatic carbocycles. The molecule has 3 heterocycles. The van der Waals surface area contributed by atoms with Crippen molar-refractivity contribution in [3.8, 4) is 0 Å². The number of benzene rings is 2. The Morgan fingerprint density at radius 3 is 2.69 bits per heavy atom. The van der Waals surface area contributed by atoms with Crippen LogP contribution in [0.3, 0.4) is 0 Å². The van der Waals surface area contributed by atoms with Gasteiger partial charge in [-0.3, -0.25) is 9.69 Å². The van der Waals surface area contributed by atoms with Crippen molar-refractivity contribution in [1.82, 2.24) is 9.88 Å². The summed E-state index contributed by atoms with van der Waals surface area (Å²) in [6.45, 7) is 4.46. The molecular weight excluding hydrogens is 506 g/mol. The first-order valence-corrected chi connectivity index (χ1v) is 14.4. The van der Waals surface area contributed by atoms with Crippen molar-refractivity contribution in [2.24, 2.45) is 0 Å². The van der Waals surface area contributed by atoms with Crippen molar-refractivity contribution >= 4 is 44.4 Å². The summed E-state index contributed by atoms with van der Waals surface area (Å²) in [6.07, 6.45) is 2.21. The predicted octanol–water partition coefficient (Wildman–Crippen LogP) is 4.26. The molecule has 0 radical (unpaired) electrons. The van der Waals surface area contributed by atoms with E-state index in [9.17, 15) is 13.2 Å². The van der Waals surface area contributed by atoms with Crippen molar-refractivity contribution < 1.29 is 17.9 Å². The van der Waals surface area contributed by atoms with Gasteiger partial charge in [0.25, 0.3) is 0 Å². The van der Waals surface area contributed by atoms with Crippen LogP contribution in [0.4, 0.5) is 5.69 Å². The van der Waals surface area contributed by atoms with E-state index in [1.165, 1.54) is 11.3 Å². The van der Waals surface area contributed by atoms with Crippen LogP contribution in [0.25, 0.3) is 0 Å². The average Bonchev–Trinajstić information content (AvgIpc) is 3.50. The molecule has 10 heteroatoms. The zero-order chi connectivity index (χ0) is 24.6. The zero-order valence-corrected chi connectivity index (χ0v) is 21.7. The molecule has 0 saturated carbocycles. The Balaban J connectivity index is 1.26. The molecule has 0 unspecified atom stereocenters. The van der Waals surface area contributed by atoms with E-state index in [-0.39, 0.29) is 28.7 Å². The summed E-state index contributed by atoms with van der Waals surface area (Å²) in [5.74, 6) is -0.0867. The molecule has 0 bridgehead atoms. The van der Waals surface area contributed by atoms with Crippen molar-refractivity contribution in [2.75, 3.05) is 31.1 Å². The second-order valence-corrected chi connectivity index (χ2v) is 12.2. The van der Waals surface area contributed by atoms with Gasteiger partial charge in [0.05, 0.1) is 23.6 Å². The van der Waals surface area contributed by atoms with Crippen molar-refractivity contribution in [3.05, 3.63) is 75.2 Å². The molecule has 5 rings (SSSR count). The van der Waals surface area contributed by atoms with Crippen LogP contribution in [0.5, 0.6) is 0 Å². The first kappa shape index (κ1) is 24.4. The molecule has 0 N–H and O–H groups in total. The highest BCUT2D eigenvalue weighted by atomic mass is 35.5. The molecule has 1 amide bonds. The summed E-state index contributed by atoms with van der Waals surface area (Å²) >= 11 is 7.49. The third-order valence-corrected chi connectivity index (χ3v) is 9.60. The largest absolute Gasteiger partial charge is 0.371 e. The van der Waals surface area contributed by atoms with Crippen LogP contribution in [-0.2, 0) is 25.1 Å². The standard InChI is InChI=1S/C25H26ClN3O4S2/c1-17-14-18(2-7-21(17)26)23-15-28(11-12-33-23)22-8-10-29(25(22)30)19-3-5-20(6-4-19)35(31,32)16-24-27-9-13-34-24/h2-7,9,13-14,22-23H,8,10-12,15-16H2,1H3/t22-,23-/m0/s1. The fourth-order valence-corrected chi connectivity index (χ4v) is 7.06. The zero-order valence-electron chi connectivity index (χ0n) is 19.3. The molecule has 2 aliphatic rings. The second kappa shape index (κ2) is 9.99. The Morgan fingerprint density at radius 2 is 1.97 bits per heavy atom. The molecule has 35 heavy (non-hydrogen) atoms. The summed E-state index contributed by atoms with van der Waals surface area (Å²) in [5.41, 5.74) is 2.78. The van der Waals surface area contributed by atoms with Crippen LogP contribution >= 0.6 is 22.9 Å². The average molecular weight is 532 g/mol. The monoisotopic (exact) mass is 531 g/mol. The summed E-state index contributed by atoms with van der Waals surface area (Å²) in [6, 6.07) is 12.3. The minimum atomic E-state index is -3.49. The van der Waals surface area contributed by atoms with Gasteiger partial charge in [0.2, 0.25) is 5.91 Å². The molecule has 2 saturated heterocycles. The molecule has 7 nitrogen and oxygen atoms in total. The second-order valence-electron chi connectivity index (χ2n) is 8.84. The summed E-state index contributed by atoms with van der Waals surface area (Å²) in [4.78, 5) is 21.6. The van der Waals surface area contributed by atoms with Gasteiger partial charge < -0.3 is 9.64 Å². The number of aryl methyl sites for hydroxylation is 1. The lowest BCUT2D eigenvalue weighted by Gasteiger charge is -2.36. The molecule has 184 valence electrons. The third-order valence-electron chi connectivity index (χ3n) is 6.57. The fraction of sp³-hybridized carbons (Fsp3) is 0.360. The lowest BCUT2D eigenvalue weighted by atomic mass is 10.0. The molecule has 2 fully saturated rings. The Hall–Kier alpha value is -2.30. The van der Waals surface area contributed by atoms with E-state index in [2.05, 4.69) is 9.88 Å². The third kappa shape index (κ3) is 5.15. The van der Waals surface area contributed by atoms with Gasteiger partial charge in [-0.05, 0) is 54.8 Å². The first-order valence-electron chi connectivity index (χ1n) is 11.5. The SMILES string of the molecule is Cc1cc([C@@H]2CN([C@H]3CCN(c4ccc(S(=O)(=O)Cc5nccs5)cc4)C3=O)CCO2)ccc1Cl. The van der Waals surface area contributed by atoms with E-state index in [0.717, 1.165) is 22.6 Å². The molecule has 2 aliphatic heterocycles. The molecule has 1 aromatic heterocycles. The molecule has 0 spiro atoms. The number of carbonyl (C=O) groups is 1. The first-order chi connectivity index (χ1) is 16.8. The quantitative estimate of drug-likeness (QED) is 0.473. The molecule has 3 aromatic rings. The topological polar surface area (TPSA) is 79.8 Å². The van der Waals surface area contributed by atoms with Crippen LogP contribution in [0, 0.1) is 6.92 Å². The number of hydrogen-bond donors (Lipinski definition) is 0. The number of rotatable bonds is 6. The minimum Gasteiger partial charge on any atom is -0.371 e. The van der Waals surface area contributed by atoms with Crippen molar-refractivity contribution in [1.29, 1.82) is 0 Å². The maximum atomic E-state index is 13.3. The number of nitrogens with zero attached hydrogens (tertiary/aromatic N) is 3. The smallest absolute Gasteiger partial charge is 0.244 e. The fourth-order valence-electron chi connectivity index (χ4n) is 4.69. The number of anilines is 1. The van der Waals surface area contributed by atoms with Crippen molar-refractivity contribution in [3.63, 3.8) is 0 Å². The highest BCUT2D eigenvalue weighted by Crippen LogP contribution is 2.31. The number of hydrogen-bond acceptors (Lipinski definition) is 7. The van der Waals surface area contributed by atoms with E-state index in [0.29, 0.717) is 36.9 Å². The van der Waals surface area contributed by atoms with Gasteiger partial charge in [0, 0.05) is 41.9 Å². The van der Waals surface area contributed by atoms with E-state index in [4.69, 9.17) is 16.3 Å². The van der Waals surface area contributed by atoms with Gasteiger partial charge in [0.15, 0.2) is 9.84 Å². The maximum Gasteiger partial charge on any atom is 0.244 e. The highest BCUT2D eigenvalue weighted by molar-refractivity contribution is 7.90. The Labute approximate surface area is 214 Å². The number of amides is 1. The van der Waals surface area contributed by atoms with E-state index in [1.54, 1.807) is 40.7 Å². The summed E-state index contributed by atoms with van der Waals surface area (Å²) < 4.78 is 31.4. The van der Waals surface area contributed by atoms with Gasteiger partial charge in [-0.2, -0.15) is 0 Å². The predicted molar refractivity (Wildman–Crippen MR) is 137 cm³/mol. The van der Waals surface area contributed by atoms with E-state index in [1.807, 2.05) is 25.1 Å². The summed E-state index contributed by atoms with van der Waals surface area (Å²) in [7, 11) is -3.49. The van der Waals surface area contributed by atoms with Gasteiger partial charge in [-0.1, -0.05) is 23.7 Å². The molecular formula is C25H26ClN3O4S2. The number of carbonyl (C=O) groups excluding carboxylic acids is 1. The number of sulfone groups is 1. The lowest BCUT2D eigenvalue weighted by molar-refractivity contribution is -0.125. The lowest BCUT2D eigenvalue weighted by Crippen LogP contribution is -2.48. The van der Waals surface area contributed by atoms with E-state index < -0.39 is 9.84 Å². The Kier molecular flexibility index (Phi) is 6.96.